The van der Waals surface area contributed by atoms with Gasteiger partial charge in [-0.05, 0) is 28.1 Å². The number of halogens is 1. The summed E-state index contributed by atoms with van der Waals surface area (Å²) in [6.07, 6.45) is 6.62. The van der Waals surface area contributed by atoms with Crippen LogP contribution in [0, 0.1) is 0 Å². The molecule has 0 aliphatic heterocycles. The average Bonchev–Trinajstić information content (AvgIpc) is 3.23. The molecular weight excluding hydrogens is 384 g/mol. The van der Waals surface area contributed by atoms with Crippen molar-refractivity contribution in [1.82, 2.24) is 34.8 Å². The second-order valence-electron chi connectivity index (χ2n) is 5.49. The highest BCUT2D eigenvalue weighted by atomic mass is 79.9. The maximum Gasteiger partial charge on any atom is 0.191 e. The van der Waals surface area contributed by atoms with Crippen LogP contribution in [0.25, 0.3) is 5.65 Å². The van der Waals surface area contributed by atoms with Crippen LogP contribution in [0.1, 0.15) is 18.4 Å². The molecule has 0 atom stereocenters. The Labute approximate surface area is 154 Å². The lowest BCUT2D eigenvalue weighted by molar-refractivity contribution is 0.632. The molecule has 8 nitrogen and oxygen atoms in total. The van der Waals surface area contributed by atoms with Crippen molar-refractivity contribution in [2.24, 2.45) is 4.99 Å². The summed E-state index contributed by atoms with van der Waals surface area (Å²) in [4.78, 5) is 8.82. The van der Waals surface area contributed by atoms with E-state index in [1.54, 1.807) is 13.4 Å². The standard InChI is InChI=1S/C16H21BrN8/c1-3-14-23-21-11-24(14)7-6-19-16(18-2)20-8-13-10-25-9-12(17)4-5-15(25)22-13/h4-5,9-11H,3,6-8H2,1-2H3,(H2,18,19,20). The molecule has 0 aliphatic rings. The van der Waals surface area contributed by atoms with Gasteiger partial charge in [0.05, 0.1) is 12.2 Å². The predicted octanol–water partition coefficient (Wildman–Crippen LogP) is 1.62. The SMILES string of the molecule is CCc1nncn1CCNC(=NC)NCc1cn2cc(Br)ccc2n1. The Morgan fingerprint density at radius 3 is 2.96 bits per heavy atom. The number of aliphatic imine (C=N–C) groups is 1. The van der Waals surface area contributed by atoms with E-state index in [1.807, 2.05) is 33.5 Å². The zero-order valence-electron chi connectivity index (χ0n) is 14.3. The molecule has 9 heteroatoms. The largest absolute Gasteiger partial charge is 0.355 e. The number of hydrogen-bond donors (Lipinski definition) is 2. The minimum Gasteiger partial charge on any atom is -0.355 e. The molecule has 2 N–H and O–H groups in total. The van der Waals surface area contributed by atoms with Crippen LogP contribution in [0.2, 0.25) is 0 Å². The lowest BCUT2D eigenvalue weighted by Crippen LogP contribution is -2.38. The van der Waals surface area contributed by atoms with Gasteiger partial charge in [0.25, 0.3) is 0 Å². The second kappa shape index (κ2) is 8.11. The fourth-order valence-corrected chi connectivity index (χ4v) is 2.88. The summed E-state index contributed by atoms with van der Waals surface area (Å²) in [6, 6.07) is 3.96. The summed E-state index contributed by atoms with van der Waals surface area (Å²) in [5.41, 5.74) is 1.87. The third-order valence-corrected chi connectivity index (χ3v) is 4.25. The van der Waals surface area contributed by atoms with E-state index in [0.29, 0.717) is 6.54 Å². The quantitative estimate of drug-likeness (QED) is 0.481. The maximum absolute atomic E-state index is 4.58. The van der Waals surface area contributed by atoms with Crippen LogP contribution in [0.4, 0.5) is 0 Å². The molecule has 3 rings (SSSR count). The van der Waals surface area contributed by atoms with E-state index in [4.69, 9.17) is 0 Å². The fourth-order valence-electron chi connectivity index (χ4n) is 2.53. The topological polar surface area (TPSA) is 84.4 Å². The molecule has 3 aromatic heterocycles. The number of imidazole rings is 1. The Morgan fingerprint density at radius 2 is 2.16 bits per heavy atom. The average molecular weight is 405 g/mol. The lowest BCUT2D eigenvalue weighted by atomic mass is 10.4. The third kappa shape index (κ3) is 4.36. The molecule has 25 heavy (non-hydrogen) atoms. The fraction of sp³-hybridized carbons (Fsp3) is 0.375. The summed E-state index contributed by atoms with van der Waals surface area (Å²) in [7, 11) is 1.76. The van der Waals surface area contributed by atoms with Crippen LogP contribution in [0.15, 0.2) is 40.3 Å². The molecule has 0 bridgehead atoms. The summed E-state index contributed by atoms with van der Waals surface area (Å²) in [5, 5.41) is 14.6. The van der Waals surface area contributed by atoms with Gasteiger partial charge in [-0.3, -0.25) is 4.99 Å². The number of fused-ring (bicyclic) bond motifs is 1. The second-order valence-corrected chi connectivity index (χ2v) is 6.41. The highest BCUT2D eigenvalue weighted by Crippen LogP contribution is 2.12. The first-order valence-corrected chi connectivity index (χ1v) is 8.93. The van der Waals surface area contributed by atoms with Crippen molar-refractivity contribution in [1.29, 1.82) is 0 Å². The van der Waals surface area contributed by atoms with Crippen LogP contribution in [0.3, 0.4) is 0 Å². The predicted molar refractivity (Wildman–Crippen MR) is 100 cm³/mol. The van der Waals surface area contributed by atoms with Crippen LogP contribution in [-0.4, -0.2) is 43.7 Å². The third-order valence-electron chi connectivity index (χ3n) is 3.78. The molecule has 0 spiro atoms. The molecule has 0 unspecified atom stereocenters. The van der Waals surface area contributed by atoms with Crippen LogP contribution >= 0.6 is 15.9 Å². The van der Waals surface area contributed by atoms with Crippen LogP contribution in [0.5, 0.6) is 0 Å². The van der Waals surface area contributed by atoms with Crippen molar-refractivity contribution in [3.05, 3.63) is 46.8 Å². The summed E-state index contributed by atoms with van der Waals surface area (Å²) >= 11 is 3.47. The summed E-state index contributed by atoms with van der Waals surface area (Å²) in [5.74, 6) is 1.73. The summed E-state index contributed by atoms with van der Waals surface area (Å²) in [6.45, 7) is 4.20. The molecule has 0 fully saturated rings. The van der Waals surface area contributed by atoms with E-state index in [-0.39, 0.29) is 0 Å². The Morgan fingerprint density at radius 1 is 1.28 bits per heavy atom. The van der Waals surface area contributed by atoms with E-state index in [0.717, 1.165) is 47.1 Å². The number of pyridine rings is 1. The van der Waals surface area contributed by atoms with Crippen molar-refractivity contribution in [2.75, 3.05) is 13.6 Å². The van der Waals surface area contributed by atoms with Crippen molar-refractivity contribution < 1.29 is 0 Å². The van der Waals surface area contributed by atoms with Crippen molar-refractivity contribution in [3.63, 3.8) is 0 Å². The highest BCUT2D eigenvalue weighted by Gasteiger charge is 2.05. The van der Waals surface area contributed by atoms with Crippen LogP contribution in [-0.2, 0) is 19.5 Å². The van der Waals surface area contributed by atoms with Gasteiger partial charge in [0.2, 0.25) is 0 Å². The molecule has 0 amide bonds. The van der Waals surface area contributed by atoms with Gasteiger partial charge in [-0.2, -0.15) is 0 Å². The maximum atomic E-state index is 4.58. The smallest absolute Gasteiger partial charge is 0.191 e. The molecule has 0 radical (unpaired) electrons. The first-order chi connectivity index (χ1) is 12.2. The first kappa shape index (κ1) is 17.4. The molecule has 132 valence electrons. The van der Waals surface area contributed by atoms with E-state index >= 15 is 0 Å². The normalized spacial score (nSPS) is 11.9. The monoisotopic (exact) mass is 404 g/mol. The Balaban J connectivity index is 1.51. The van der Waals surface area contributed by atoms with E-state index in [1.165, 1.54) is 0 Å². The van der Waals surface area contributed by atoms with Gasteiger partial charge in [-0.15, -0.1) is 10.2 Å². The van der Waals surface area contributed by atoms with Gasteiger partial charge >= 0.3 is 0 Å². The number of aryl methyl sites for hydroxylation is 1. The molecule has 0 saturated heterocycles. The summed E-state index contributed by atoms with van der Waals surface area (Å²) < 4.78 is 5.06. The van der Waals surface area contributed by atoms with E-state index in [9.17, 15) is 0 Å². The van der Waals surface area contributed by atoms with E-state index < -0.39 is 0 Å². The van der Waals surface area contributed by atoms with Gasteiger partial charge in [0, 0.05) is 43.4 Å². The molecular formula is C16H21BrN8. The minimum absolute atomic E-state index is 0.603. The molecule has 0 saturated carbocycles. The highest BCUT2D eigenvalue weighted by molar-refractivity contribution is 9.10. The number of hydrogen-bond acceptors (Lipinski definition) is 4. The number of aromatic nitrogens is 5. The van der Waals surface area contributed by atoms with E-state index in [2.05, 4.69) is 53.7 Å². The first-order valence-electron chi connectivity index (χ1n) is 8.14. The van der Waals surface area contributed by atoms with Gasteiger partial charge in [0.15, 0.2) is 5.96 Å². The van der Waals surface area contributed by atoms with Gasteiger partial charge < -0.3 is 19.6 Å². The van der Waals surface area contributed by atoms with Crippen molar-refractivity contribution in [3.8, 4) is 0 Å². The number of nitrogens with zero attached hydrogens (tertiary/aromatic N) is 6. The molecule has 0 aliphatic carbocycles. The van der Waals surface area contributed by atoms with Crippen LogP contribution < -0.4 is 10.6 Å². The van der Waals surface area contributed by atoms with Gasteiger partial charge in [-0.1, -0.05) is 6.92 Å². The zero-order chi connectivity index (χ0) is 17.6. The Hall–Kier alpha value is -2.42. The molecule has 3 heterocycles. The van der Waals surface area contributed by atoms with Crippen molar-refractivity contribution >= 4 is 27.5 Å². The lowest BCUT2D eigenvalue weighted by Gasteiger charge is -2.11. The molecule has 3 aromatic rings. The Bertz CT molecular complexity index is 866. The van der Waals surface area contributed by atoms with Gasteiger partial charge in [-0.25, -0.2) is 4.98 Å². The van der Waals surface area contributed by atoms with Crippen molar-refractivity contribution in [2.45, 2.75) is 26.4 Å². The minimum atomic E-state index is 0.603. The molecule has 0 aromatic carbocycles. The Kier molecular flexibility index (Phi) is 5.64. The number of guanidine groups is 1. The number of rotatable bonds is 6. The van der Waals surface area contributed by atoms with Gasteiger partial charge in [0.1, 0.15) is 17.8 Å². The number of nitrogens with one attached hydrogen (secondary N) is 2. The zero-order valence-corrected chi connectivity index (χ0v) is 15.9.